The summed E-state index contributed by atoms with van der Waals surface area (Å²) in [6, 6.07) is 18.6. The molecule has 1 heterocycles. The molecule has 0 amide bonds. The van der Waals surface area contributed by atoms with Gasteiger partial charge in [-0.3, -0.25) is 14.6 Å². The fraction of sp³-hybridized carbons (Fsp3) is 0.435. The molecule has 0 radical (unpaired) electrons. The van der Waals surface area contributed by atoms with E-state index in [1.165, 1.54) is 18.1 Å². The van der Waals surface area contributed by atoms with E-state index in [2.05, 4.69) is 51.0 Å². The monoisotopic (exact) mass is 477 g/mol. The molecule has 1 fully saturated rings. The molecule has 0 aromatic heterocycles. The average molecular weight is 478 g/mol. The molecule has 1 aliphatic heterocycles. The summed E-state index contributed by atoms with van der Waals surface area (Å²) in [7, 11) is 0. The Balaban J connectivity index is 1.45. The van der Waals surface area contributed by atoms with Crippen molar-refractivity contribution < 1.29 is 24.2 Å². The van der Waals surface area contributed by atoms with Crippen LogP contribution in [0.3, 0.4) is 0 Å². The van der Waals surface area contributed by atoms with Gasteiger partial charge in [-0.2, -0.15) is 0 Å². The molecule has 3 rings (SSSR count). The lowest BCUT2D eigenvalue weighted by atomic mass is 9.96. The predicted octanol–water partition coefficient (Wildman–Crippen LogP) is 3.16. The van der Waals surface area contributed by atoms with Crippen LogP contribution in [-0.2, 0) is 19.1 Å². The Morgan fingerprint density at radius 1 is 1.06 bits per heavy atom. The molecule has 2 unspecified atom stereocenters. The number of carbonyl (C=O) groups is 1. The molecule has 2 aromatic rings. The highest BCUT2D eigenvalue weighted by molar-refractivity contribution is 6.30. The zero-order valence-corrected chi connectivity index (χ0v) is 19.2. The van der Waals surface area contributed by atoms with Gasteiger partial charge in [-0.25, -0.2) is 4.79 Å². The number of nitrogens with zero attached hydrogens (tertiary/aromatic N) is 3. The number of hydrogen-bond donors (Lipinski definition) is 0. The molecule has 0 spiro atoms. The highest BCUT2D eigenvalue weighted by atomic mass is 35.5. The van der Waals surface area contributed by atoms with E-state index in [1.54, 1.807) is 0 Å². The number of esters is 1. The molecule has 33 heavy (non-hydrogen) atoms. The molecule has 0 saturated carbocycles. The van der Waals surface area contributed by atoms with E-state index in [9.17, 15) is 14.9 Å². The summed E-state index contributed by atoms with van der Waals surface area (Å²) < 4.78 is 10.1. The van der Waals surface area contributed by atoms with Crippen LogP contribution in [0.4, 0.5) is 0 Å². The van der Waals surface area contributed by atoms with Crippen molar-refractivity contribution in [3.63, 3.8) is 0 Å². The van der Waals surface area contributed by atoms with Crippen molar-refractivity contribution >= 4 is 17.6 Å². The quantitative estimate of drug-likeness (QED) is 0.160. The maximum Gasteiger partial charge on any atom is 0.334 e. The SMILES string of the molecule is CC(OC(=O)COCCN1CCN(C(c2ccccc2)c2ccc(Cl)cc2)CC1)O[N+](=O)[O-]. The largest absolute Gasteiger partial charge is 0.434 e. The van der Waals surface area contributed by atoms with Crippen LogP contribution in [0.1, 0.15) is 24.1 Å². The molecule has 2 atom stereocenters. The Labute approximate surface area is 197 Å². The minimum Gasteiger partial charge on any atom is -0.434 e. The molecule has 1 aliphatic rings. The summed E-state index contributed by atoms with van der Waals surface area (Å²) in [6.45, 7) is 5.56. The first kappa shape index (κ1) is 24.9. The fourth-order valence-electron chi connectivity index (χ4n) is 3.85. The highest BCUT2D eigenvalue weighted by Gasteiger charge is 2.26. The third-order valence-electron chi connectivity index (χ3n) is 5.38. The molecular formula is C23H28ClN3O6. The molecule has 10 heteroatoms. The van der Waals surface area contributed by atoms with Gasteiger partial charge in [0.05, 0.1) is 12.6 Å². The van der Waals surface area contributed by atoms with Crippen molar-refractivity contribution in [3.05, 3.63) is 80.9 Å². The minimum absolute atomic E-state index is 0.153. The zero-order chi connectivity index (χ0) is 23.6. The van der Waals surface area contributed by atoms with Gasteiger partial charge in [0.25, 0.3) is 5.09 Å². The van der Waals surface area contributed by atoms with Crippen molar-refractivity contribution in [2.45, 2.75) is 19.3 Å². The van der Waals surface area contributed by atoms with Crippen molar-refractivity contribution in [1.29, 1.82) is 0 Å². The maximum atomic E-state index is 11.6. The number of rotatable bonds is 11. The van der Waals surface area contributed by atoms with Crippen LogP contribution < -0.4 is 0 Å². The second-order valence-corrected chi connectivity index (χ2v) is 8.12. The van der Waals surface area contributed by atoms with Crippen LogP contribution in [0.15, 0.2) is 54.6 Å². The Morgan fingerprint density at radius 2 is 1.70 bits per heavy atom. The van der Waals surface area contributed by atoms with Crippen LogP contribution in [0, 0.1) is 10.1 Å². The number of carbonyl (C=O) groups excluding carboxylic acids is 1. The lowest BCUT2D eigenvalue weighted by molar-refractivity contribution is -0.777. The average Bonchev–Trinajstić information content (AvgIpc) is 2.79. The van der Waals surface area contributed by atoms with E-state index >= 15 is 0 Å². The van der Waals surface area contributed by atoms with Gasteiger partial charge in [0, 0.05) is 37.7 Å². The van der Waals surface area contributed by atoms with E-state index in [4.69, 9.17) is 21.1 Å². The van der Waals surface area contributed by atoms with E-state index in [-0.39, 0.29) is 12.6 Å². The fourth-order valence-corrected chi connectivity index (χ4v) is 3.98. The van der Waals surface area contributed by atoms with Crippen molar-refractivity contribution in [3.8, 4) is 0 Å². The van der Waals surface area contributed by atoms with Crippen LogP contribution in [0.5, 0.6) is 0 Å². The third kappa shape index (κ3) is 7.97. The number of benzene rings is 2. The van der Waals surface area contributed by atoms with Gasteiger partial charge >= 0.3 is 5.97 Å². The molecular weight excluding hydrogens is 450 g/mol. The first-order valence-electron chi connectivity index (χ1n) is 10.8. The summed E-state index contributed by atoms with van der Waals surface area (Å²) in [4.78, 5) is 30.7. The molecule has 2 aromatic carbocycles. The summed E-state index contributed by atoms with van der Waals surface area (Å²) in [5, 5.41) is 9.93. The van der Waals surface area contributed by atoms with Crippen molar-refractivity contribution in [2.24, 2.45) is 0 Å². The minimum atomic E-state index is -1.26. The van der Waals surface area contributed by atoms with Crippen LogP contribution in [0.25, 0.3) is 0 Å². The first-order chi connectivity index (χ1) is 15.9. The zero-order valence-electron chi connectivity index (χ0n) is 18.5. The van der Waals surface area contributed by atoms with Gasteiger partial charge in [0.1, 0.15) is 6.61 Å². The maximum absolute atomic E-state index is 11.6. The molecule has 0 aliphatic carbocycles. The van der Waals surface area contributed by atoms with Crippen LogP contribution >= 0.6 is 11.6 Å². The summed E-state index contributed by atoms with van der Waals surface area (Å²) >= 11 is 6.10. The van der Waals surface area contributed by atoms with E-state index in [0.29, 0.717) is 13.2 Å². The van der Waals surface area contributed by atoms with Gasteiger partial charge in [-0.05, 0) is 30.2 Å². The number of halogens is 1. The number of ether oxygens (including phenoxy) is 2. The highest BCUT2D eigenvalue weighted by Crippen LogP contribution is 2.30. The van der Waals surface area contributed by atoms with Gasteiger partial charge < -0.3 is 9.47 Å². The Kier molecular flexibility index (Phi) is 9.44. The summed E-state index contributed by atoms with van der Waals surface area (Å²) in [5.41, 5.74) is 2.45. The van der Waals surface area contributed by atoms with Gasteiger partial charge in [0.2, 0.25) is 6.29 Å². The molecule has 178 valence electrons. The van der Waals surface area contributed by atoms with Gasteiger partial charge in [-0.15, -0.1) is 10.1 Å². The summed E-state index contributed by atoms with van der Waals surface area (Å²) in [5.74, 6) is -0.706. The van der Waals surface area contributed by atoms with E-state index in [1.807, 2.05) is 18.2 Å². The van der Waals surface area contributed by atoms with Crippen molar-refractivity contribution in [2.75, 3.05) is 45.9 Å². The second-order valence-electron chi connectivity index (χ2n) is 7.68. The topological polar surface area (TPSA) is 94.4 Å². The normalized spacial score (nSPS) is 16.7. The third-order valence-corrected chi connectivity index (χ3v) is 5.63. The lowest BCUT2D eigenvalue weighted by Crippen LogP contribution is -2.48. The number of piperazine rings is 1. The van der Waals surface area contributed by atoms with Crippen molar-refractivity contribution in [1.82, 2.24) is 9.80 Å². The standard InChI is InChI=1S/C23H28ClN3O6/c1-18(33-27(29)30)32-22(28)17-31-16-15-25-11-13-26(14-12-25)23(19-5-3-2-4-6-19)20-7-9-21(24)10-8-20/h2-10,18,23H,11-17H2,1H3. The van der Waals surface area contributed by atoms with Crippen LogP contribution in [0.2, 0.25) is 5.02 Å². The van der Waals surface area contributed by atoms with E-state index < -0.39 is 17.3 Å². The lowest BCUT2D eigenvalue weighted by Gasteiger charge is -2.39. The Hall–Kier alpha value is -2.72. The van der Waals surface area contributed by atoms with Gasteiger partial charge in [-0.1, -0.05) is 54.1 Å². The number of hydrogen-bond acceptors (Lipinski definition) is 8. The molecule has 1 saturated heterocycles. The van der Waals surface area contributed by atoms with Gasteiger partial charge in [0.15, 0.2) is 0 Å². The summed E-state index contributed by atoms with van der Waals surface area (Å²) in [6.07, 6.45) is -1.26. The predicted molar refractivity (Wildman–Crippen MR) is 122 cm³/mol. The molecule has 0 N–H and O–H groups in total. The second kappa shape index (κ2) is 12.5. The first-order valence-corrected chi connectivity index (χ1v) is 11.2. The molecule has 0 bridgehead atoms. The van der Waals surface area contributed by atoms with Crippen LogP contribution in [-0.4, -0.2) is 73.1 Å². The molecule has 9 nitrogen and oxygen atoms in total. The Morgan fingerprint density at radius 3 is 2.33 bits per heavy atom. The Bertz CT molecular complexity index is 891. The van der Waals surface area contributed by atoms with E-state index in [0.717, 1.165) is 31.2 Å². The smallest absolute Gasteiger partial charge is 0.334 e.